The van der Waals surface area contributed by atoms with Crippen LogP contribution < -0.4 is 11.1 Å². The molecule has 0 atom stereocenters. The summed E-state index contributed by atoms with van der Waals surface area (Å²) in [6, 6.07) is 6.78. The highest BCUT2D eigenvalue weighted by atomic mass is 32.2. The van der Waals surface area contributed by atoms with Crippen molar-refractivity contribution in [2.45, 2.75) is 18.2 Å². The van der Waals surface area contributed by atoms with Crippen molar-refractivity contribution < 1.29 is 8.42 Å². The van der Waals surface area contributed by atoms with Gasteiger partial charge >= 0.3 is 0 Å². The van der Waals surface area contributed by atoms with E-state index in [-0.39, 0.29) is 5.75 Å². The molecule has 4 nitrogen and oxygen atoms in total. The fourth-order valence-electron chi connectivity index (χ4n) is 1.38. The van der Waals surface area contributed by atoms with Gasteiger partial charge in [-0.25, -0.2) is 8.42 Å². The van der Waals surface area contributed by atoms with Gasteiger partial charge < -0.3 is 11.1 Å². The Labute approximate surface area is 96.8 Å². The SMILES string of the molecule is CCCS(=O)(=O)c1ccc(NCCN)cc1. The Morgan fingerprint density at radius 2 is 1.88 bits per heavy atom. The van der Waals surface area contributed by atoms with Crippen LogP contribution in [0, 0.1) is 0 Å². The Hall–Kier alpha value is -1.07. The molecule has 90 valence electrons. The van der Waals surface area contributed by atoms with Crippen LogP contribution in [-0.4, -0.2) is 27.3 Å². The zero-order valence-corrected chi connectivity index (χ0v) is 10.3. The molecule has 5 heteroatoms. The molecule has 1 aromatic rings. The van der Waals surface area contributed by atoms with Gasteiger partial charge in [-0.1, -0.05) is 6.92 Å². The molecule has 1 aromatic carbocycles. The minimum Gasteiger partial charge on any atom is -0.384 e. The van der Waals surface area contributed by atoms with Crippen LogP contribution in [0.3, 0.4) is 0 Å². The molecule has 0 saturated heterocycles. The third kappa shape index (κ3) is 3.50. The Bertz CT molecular complexity index is 412. The fraction of sp³-hybridized carbons (Fsp3) is 0.455. The van der Waals surface area contributed by atoms with E-state index in [1.165, 1.54) is 0 Å². The normalized spacial score (nSPS) is 11.4. The van der Waals surface area contributed by atoms with E-state index in [0.717, 1.165) is 5.69 Å². The second kappa shape index (κ2) is 5.86. The van der Waals surface area contributed by atoms with Gasteiger partial charge in [-0.2, -0.15) is 0 Å². The van der Waals surface area contributed by atoms with Gasteiger partial charge in [0, 0.05) is 18.8 Å². The Morgan fingerprint density at radius 3 is 2.38 bits per heavy atom. The molecule has 0 spiro atoms. The third-order valence-electron chi connectivity index (χ3n) is 2.16. The van der Waals surface area contributed by atoms with Crippen LogP contribution in [0.2, 0.25) is 0 Å². The molecule has 0 bridgehead atoms. The van der Waals surface area contributed by atoms with Crippen LogP contribution in [0.15, 0.2) is 29.2 Å². The molecule has 0 radical (unpaired) electrons. The van der Waals surface area contributed by atoms with Crippen LogP contribution >= 0.6 is 0 Å². The minimum atomic E-state index is -3.10. The smallest absolute Gasteiger partial charge is 0.178 e. The van der Waals surface area contributed by atoms with Crippen molar-refractivity contribution in [1.82, 2.24) is 0 Å². The maximum absolute atomic E-state index is 11.7. The number of anilines is 1. The first-order chi connectivity index (χ1) is 7.60. The molecular formula is C11H18N2O2S. The van der Waals surface area contributed by atoms with Gasteiger partial charge in [-0.15, -0.1) is 0 Å². The summed E-state index contributed by atoms with van der Waals surface area (Å²) in [5.41, 5.74) is 6.25. The average molecular weight is 242 g/mol. The van der Waals surface area contributed by atoms with Crippen molar-refractivity contribution in [3.05, 3.63) is 24.3 Å². The number of hydrogen-bond acceptors (Lipinski definition) is 4. The molecule has 0 unspecified atom stereocenters. The predicted octanol–water partition coefficient (Wildman–Crippen LogP) is 1.24. The van der Waals surface area contributed by atoms with Gasteiger partial charge in [0.05, 0.1) is 10.6 Å². The van der Waals surface area contributed by atoms with Crippen LogP contribution in [0.4, 0.5) is 5.69 Å². The summed E-state index contributed by atoms with van der Waals surface area (Å²) in [6.07, 6.45) is 0.634. The zero-order chi connectivity index (χ0) is 12.0. The molecule has 0 fully saturated rings. The first-order valence-electron chi connectivity index (χ1n) is 5.37. The van der Waals surface area contributed by atoms with Crippen LogP contribution in [-0.2, 0) is 9.84 Å². The number of sulfone groups is 1. The summed E-state index contributed by atoms with van der Waals surface area (Å²) in [5.74, 6) is 0.197. The molecule has 16 heavy (non-hydrogen) atoms. The number of rotatable bonds is 6. The lowest BCUT2D eigenvalue weighted by Gasteiger charge is -2.06. The molecule has 0 aliphatic rings. The lowest BCUT2D eigenvalue weighted by atomic mass is 10.3. The van der Waals surface area contributed by atoms with Crippen molar-refractivity contribution in [2.75, 3.05) is 24.2 Å². The summed E-state index contributed by atoms with van der Waals surface area (Å²) < 4.78 is 23.4. The zero-order valence-electron chi connectivity index (χ0n) is 9.44. The van der Waals surface area contributed by atoms with E-state index < -0.39 is 9.84 Å². The minimum absolute atomic E-state index is 0.197. The molecule has 0 saturated carbocycles. The van der Waals surface area contributed by atoms with E-state index in [2.05, 4.69) is 5.32 Å². The standard InChI is InChI=1S/C11H18N2O2S/c1-2-9-16(14,15)11-5-3-10(4-6-11)13-8-7-12/h3-6,13H,2,7-9,12H2,1H3. The fourth-order valence-corrected chi connectivity index (χ4v) is 2.71. The van der Waals surface area contributed by atoms with Crippen molar-refractivity contribution in [3.63, 3.8) is 0 Å². The molecule has 0 amide bonds. The largest absolute Gasteiger partial charge is 0.384 e. The maximum atomic E-state index is 11.7. The Kier molecular flexibility index (Phi) is 4.76. The van der Waals surface area contributed by atoms with Crippen LogP contribution in [0.25, 0.3) is 0 Å². The topological polar surface area (TPSA) is 72.2 Å². The van der Waals surface area contributed by atoms with Gasteiger partial charge in [0.25, 0.3) is 0 Å². The van der Waals surface area contributed by atoms with E-state index in [0.29, 0.717) is 24.4 Å². The monoisotopic (exact) mass is 242 g/mol. The predicted molar refractivity (Wildman–Crippen MR) is 66.3 cm³/mol. The Morgan fingerprint density at radius 1 is 1.25 bits per heavy atom. The number of nitrogens with two attached hydrogens (primary N) is 1. The van der Waals surface area contributed by atoms with Crippen molar-refractivity contribution in [2.24, 2.45) is 5.73 Å². The van der Waals surface area contributed by atoms with Gasteiger partial charge in [-0.3, -0.25) is 0 Å². The highest BCUT2D eigenvalue weighted by Crippen LogP contribution is 2.15. The van der Waals surface area contributed by atoms with Crippen molar-refractivity contribution in [1.29, 1.82) is 0 Å². The van der Waals surface area contributed by atoms with Crippen molar-refractivity contribution in [3.8, 4) is 0 Å². The van der Waals surface area contributed by atoms with Crippen LogP contribution in [0.5, 0.6) is 0 Å². The lowest BCUT2D eigenvalue weighted by Crippen LogP contribution is -2.13. The molecule has 1 rings (SSSR count). The quantitative estimate of drug-likeness (QED) is 0.787. The van der Waals surface area contributed by atoms with Gasteiger partial charge in [0.1, 0.15) is 0 Å². The molecule has 0 aromatic heterocycles. The lowest BCUT2D eigenvalue weighted by molar-refractivity contribution is 0.595. The second-order valence-corrected chi connectivity index (χ2v) is 5.67. The van der Waals surface area contributed by atoms with Gasteiger partial charge in [-0.05, 0) is 30.7 Å². The van der Waals surface area contributed by atoms with E-state index in [9.17, 15) is 8.42 Å². The highest BCUT2D eigenvalue weighted by molar-refractivity contribution is 7.91. The average Bonchev–Trinajstić information content (AvgIpc) is 2.27. The Balaban J connectivity index is 2.78. The highest BCUT2D eigenvalue weighted by Gasteiger charge is 2.12. The van der Waals surface area contributed by atoms with Crippen LogP contribution in [0.1, 0.15) is 13.3 Å². The van der Waals surface area contributed by atoms with Gasteiger partial charge in [0.2, 0.25) is 0 Å². The van der Waals surface area contributed by atoms with Gasteiger partial charge in [0.15, 0.2) is 9.84 Å². The van der Waals surface area contributed by atoms with E-state index in [1.54, 1.807) is 24.3 Å². The first kappa shape index (κ1) is 13.0. The van der Waals surface area contributed by atoms with E-state index >= 15 is 0 Å². The first-order valence-corrected chi connectivity index (χ1v) is 7.02. The molecular weight excluding hydrogens is 224 g/mol. The molecule has 0 aliphatic heterocycles. The van der Waals surface area contributed by atoms with Crippen molar-refractivity contribution >= 4 is 15.5 Å². The summed E-state index contributed by atoms with van der Waals surface area (Å²) in [6.45, 7) is 3.09. The summed E-state index contributed by atoms with van der Waals surface area (Å²) in [4.78, 5) is 0.382. The summed E-state index contributed by atoms with van der Waals surface area (Å²) >= 11 is 0. The summed E-state index contributed by atoms with van der Waals surface area (Å²) in [7, 11) is -3.10. The maximum Gasteiger partial charge on any atom is 0.178 e. The number of benzene rings is 1. The molecule has 0 aliphatic carbocycles. The third-order valence-corrected chi connectivity index (χ3v) is 4.10. The second-order valence-electron chi connectivity index (χ2n) is 3.56. The molecule has 3 N–H and O–H groups in total. The summed E-state index contributed by atoms with van der Waals surface area (Å²) in [5, 5.41) is 3.09. The van der Waals surface area contributed by atoms with E-state index in [1.807, 2.05) is 6.92 Å². The molecule has 0 heterocycles. The number of nitrogens with one attached hydrogen (secondary N) is 1. The van der Waals surface area contributed by atoms with E-state index in [4.69, 9.17) is 5.73 Å². The number of hydrogen-bond donors (Lipinski definition) is 2.